The average molecular weight is 516 g/mol. The highest BCUT2D eigenvalue weighted by molar-refractivity contribution is 7.80. The van der Waals surface area contributed by atoms with Crippen molar-refractivity contribution in [3.63, 3.8) is 0 Å². The number of hydrogen-bond donors (Lipinski definition) is 3. The van der Waals surface area contributed by atoms with Gasteiger partial charge in [-0.25, -0.2) is 23.4 Å². The van der Waals surface area contributed by atoms with E-state index >= 15 is 8.78 Å². The van der Waals surface area contributed by atoms with E-state index in [1.54, 1.807) is 14.1 Å². The van der Waals surface area contributed by atoms with E-state index in [2.05, 4.69) is 10.6 Å². The molecule has 12 nitrogen and oxygen atoms in total. The number of hydroxylamine groups is 2. The van der Waals surface area contributed by atoms with Crippen molar-refractivity contribution in [3.05, 3.63) is 23.8 Å². The van der Waals surface area contributed by atoms with Gasteiger partial charge in [0.2, 0.25) is 0 Å². The zero-order valence-electron chi connectivity index (χ0n) is 19.5. The molecule has 2 fully saturated rings. The van der Waals surface area contributed by atoms with Crippen LogP contribution in [0.15, 0.2) is 12.1 Å². The Morgan fingerprint density at radius 2 is 1.97 bits per heavy atom. The molecule has 2 saturated heterocycles. The zero-order chi connectivity index (χ0) is 25.7. The van der Waals surface area contributed by atoms with Gasteiger partial charge < -0.3 is 24.6 Å². The molecule has 3 rings (SSSR count). The van der Waals surface area contributed by atoms with E-state index in [0.29, 0.717) is 0 Å². The number of nitrogens with zero attached hydrogens (tertiary/aromatic N) is 4. The van der Waals surface area contributed by atoms with Crippen molar-refractivity contribution < 1.29 is 32.7 Å². The maximum Gasteiger partial charge on any atom is 0.414 e. The van der Waals surface area contributed by atoms with Crippen molar-refractivity contribution in [2.45, 2.75) is 6.10 Å². The summed E-state index contributed by atoms with van der Waals surface area (Å²) in [6, 6.07) is 1.46. The van der Waals surface area contributed by atoms with Crippen molar-refractivity contribution in [2.75, 3.05) is 70.3 Å². The van der Waals surface area contributed by atoms with Gasteiger partial charge in [0.15, 0.2) is 17.6 Å². The molecule has 3 amide bonds. The minimum atomic E-state index is -0.873. The molecule has 15 heteroatoms. The number of urea groups is 1. The highest BCUT2D eigenvalue weighted by Crippen LogP contribution is 2.31. The molecule has 2 heterocycles. The summed E-state index contributed by atoms with van der Waals surface area (Å²) < 4.78 is 40.1. The van der Waals surface area contributed by atoms with E-state index in [1.807, 2.05) is 0 Å². The molecule has 1 aromatic rings. The van der Waals surface area contributed by atoms with E-state index in [9.17, 15) is 9.59 Å². The summed E-state index contributed by atoms with van der Waals surface area (Å²) in [6.07, 6.45) is -1.32. The molecule has 1 atom stereocenters. The van der Waals surface area contributed by atoms with Gasteiger partial charge in [-0.3, -0.25) is 20.5 Å². The van der Waals surface area contributed by atoms with E-state index in [-0.39, 0.29) is 61.8 Å². The van der Waals surface area contributed by atoms with Gasteiger partial charge in [-0.05, 0) is 12.2 Å². The van der Waals surface area contributed by atoms with Crippen molar-refractivity contribution in [3.8, 4) is 0 Å². The van der Waals surface area contributed by atoms with E-state index in [4.69, 9.17) is 31.9 Å². The molecule has 0 radical (unpaired) electrons. The van der Waals surface area contributed by atoms with E-state index < -0.39 is 29.9 Å². The van der Waals surface area contributed by atoms with Crippen LogP contribution in [0.5, 0.6) is 0 Å². The first-order valence-corrected chi connectivity index (χ1v) is 11.0. The number of anilines is 2. The summed E-state index contributed by atoms with van der Waals surface area (Å²) in [5, 5.41) is 14.0. The Kier molecular flexibility index (Phi) is 8.45. The maximum atomic E-state index is 15.0. The van der Waals surface area contributed by atoms with Gasteiger partial charge in [0.05, 0.1) is 39.0 Å². The fraction of sp³-hybridized carbons (Fsp3) is 0.500. The summed E-state index contributed by atoms with van der Waals surface area (Å²) in [4.78, 5) is 33.9. The number of guanidine groups is 1. The van der Waals surface area contributed by atoms with Gasteiger partial charge in [-0.15, -0.1) is 0 Å². The van der Waals surface area contributed by atoms with Crippen LogP contribution in [0, 0.1) is 17.0 Å². The van der Waals surface area contributed by atoms with Gasteiger partial charge in [0.25, 0.3) is 5.17 Å². The monoisotopic (exact) mass is 515 g/mol. The molecule has 1 aromatic carbocycles. The number of hydrogen-bond acceptors (Lipinski definition) is 8. The molecular weight excluding hydrogens is 488 g/mol. The fourth-order valence-corrected chi connectivity index (χ4v) is 3.51. The van der Waals surface area contributed by atoms with Gasteiger partial charge in [-0.2, -0.15) is 0 Å². The number of methoxy groups -OCH3 is 1. The van der Waals surface area contributed by atoms with Crippen LogP contribution in [0.3, 0.4) is 0 Å². The molecular formula is C20H27F2N7O5S. The molecule has 0 saturated carbocycles. The smallest absolute Gasteiger partial charge is 0.414 e. The van der Waals surface area contributed by atoms with Crippen molar-refractivity contribution in [1.82, 2.24) is 20.6 Å². The van der Waals surface area contributed by atoms with Crippen LogP contribution in [0.4, 0.5) is 29.7 Å². The molecule has 0 aromatic heterocycles. The van der Waals surface area contributed by atoms with Crippen LogP contribution >= 0.6 is 12.2 Å². The van der Waals surface area contributed by atoms with Crippen molar-refractivity contribution in [2.24, 2.45) is 0 Å². The standard InChI is InChI=1S/C20H27F2N7O5S/c1-26(2)17(23)25-18(30)29-5-4-27(6-7-33-29)16-14(21)8-12(9-15(16)22)28-11-13(34-20(28)31)10-24-19(35)32-3/h8-9,13H,4-7,10-11H2,1-3H3,(H,24,35)(H2,23,25,30)/t13-/m0/s1. The van der Waals surface area contributed by atoms with E-state index in [0.717, 1.165) is 22.1 Å². The number of carbonyl (C=O) groups is 2. The Morgan fingerprint density at radius 1 is 1.29 bits per heavy atom. The molecule has 0 bridgehead atoms. The number of ether oxygens (including phenoxy) is 2. The first kappa shape index (κ1) is 26.2. The van der Waals surface area contributed by atoms with Crippen molar-refractivity contribution >= 4 is 46.9 Å². The van der Waals surface area contributed by atoms with Crippen LogP contribution in [0.1, 0.15) is 0 Å². The molecule has 0 spiro atoms. The maximum absolute atomic E-state index is 15.0. The average Bonchev–Trinajstić information content (AvgIpc) is 3.01. The molecule has 3 N–H and O–H groups in total. The summed E-state index contributed by atoms with van der Waals surface area (Å²) in [5.74, 6) is -1.88. The molecule has 192 valence electrons. The number of carbonyl (C=O) groups excluding carboxylic acids is 2. The lowest BCUT2D eigenvalue weighted by atomic mass is 10.2. The Balaban J connectivity index is 1.67. The zero-order valence-corrected chi connectivity index (χ0v) is 20.3. The third-order valence-corrected chi connectivity index (χ3v) is 5.55. The van der Waals surface area contributed by atoms with Gasteiger partial charge in [0.1, 0.15) is 11.8 Å². The quantitative estimate of drug-likeness (QED) is 0.307. The number of benzene rings is 1. The second-order valence-corrected chi connectivity index (χ2v) is 8.21. The minimum Gasteiger partial charge on any atom is -0.474 e. The normalized spacial score (nSPS) is 18.0. The summed E-state index contributed by atoms with van der Waals surface area (Å²) >= 11 is 4.88. The fourth-order valence-electron chi connectivity index (χ4n) is 3.43. The van der Waals surface area contributed by atoms with Crippen LogP contribution in [0.2, 0.25) is 0 Å². The Hall–Kier alpha value is -3.46. The second kappa shape index (κ2) is 11.3. The molecule has 2 aliphatic rings. The number of halogens is 2. The summed E-state index contributed by atoms with van der Waals surface area (Å²) in [7, 11) is 4.59. The van der Waals surface area contributed by atoms with E-state index in [1.165, 1.54) is 16.9 Å². The summed E-state index contributed by atoms with van der Waals surface area (Å²) in [6.45, 7) is 0.434. The number of thiocarbonyl (C=S) groups is 1. The Labute approximate surface area is 206 Å². The number of rotatable bonds is 4. The van der Waals surface area contributed by atoms with Gasteiger partial charge in [0, 0.05) is 39.3 Å². The van der Waals surface area contributed by atoms with Crippen LogP contribution in [-0.2, 0) is 14.3 Å². The SMILES string of the molecule is COC(=S)NC[C@H]1CN(c2cc(F)c(N3CCON(C(=O)NC(=N)N(C)C)CC3)c(F)c2)C(=O)O1. The highest BCUT2D eigenvalue weighted by Gasteiger charge is 2.34. The lowest BCUT2D eigenvalue weighted by Gasteiger charge is -2.24. The molecule has 0 aliphatic carbocycles. The number of amides is 3. The Bertz CT molecular complexity index is 976. The first-order valence-electron chi connectivity index (χ1n) is 10.6. The van der Waals surface area contributed by atoms with Gasteiger partial charge in [-0.1, -0.05) is 0 Å². The Morgan fingerprint density at radius 3 is 2.60 bits per heavy atom. The lowest BCUT2D eigenvalue weighted by Crippen LogP contribution is -2.47. The number of cyclic esters (lactones) is 1. The minimum absolute atomic E-state index is 0.00361. The van der Waals surface area contributed by atoms with Crippen LogP contribution in [0.25, 0.3) is 0 Å². The summed E-state index contributed by atoms with van der Waals surface area (Å²) in [5.41, 5.74) is -0.281. The largest absolute Gasteiger partial charge is 0.474 e. The van der Waals surface area contributed by atoms with Gasteiger partial charge >= 0.3 is 12.1 Å². The molecule has 35 heavy (non-hydrogen) atoms. The predicted octanol–water partition coefficient (Wildman–Crippen LogP) is 1.07. The molecule has 2 aliphatic heterocycles. The third kappa shape index (κ3) is 6.36. The lowest BCUT2D eigenvalue weighted by molar-refractivity contribution is -0.103. The van der Waals surface area contributed by atoms with Crippen molar-refractivity contribution in [1.29, 1.82) is 5.41 Å². The second-order valence-electron chi connectivity index (χ2n) is 7.84. The van der Waals surface area contributed by atoms with Crippen LogP contribution < -0.4 is 20.4 Å². The topological polar surface area (TPSA) is 123 Å². The highest BCUT2D eigenvalue weighted by atomic mass is 32.1. The van der Waals surface area contributed by atoms with Crippen LogP contribution in [-0.4, -0.2) is 99.9 Å². The first-order chi connectivity index (χ1) is 16.6. The third-order valence-electron chi connectivity index (χ3n) is 5.24. The predicted molar refractivity (Wildman–Crippen MR) is 126 cm³/mol. The number of nitrogens with one attached hydrogen (secondary N) is 3. The molecule has 0 unspecified atom stereocenters.